The molecule has 0 aliphatic rings. The lowest BCUT2D eigenvalue weighted by molar-refractivity contribution is -0.113. The first-order chi connectivity index (χ1) is 15.8. The van der Waals surface area contributed by atoms with Crippen LogP contribution in [-0.4, -0.2) is 27.2 Å². The molecule has 0 radical (unpaired) electrons. The zero-order valence-corrected chi connectivity index (χ0v) is 19.8. The van der Waals surface area contributed by atoms with Gasteiger partial charge in [-0.15, -0.1) is 11.8 Å². The number of aryl methyl sites for hydroxylation is 1. The first-order valence-electron chi connectivity index (χ1n) is 9.95. The average Bonchev–Trinajstić information content (AvgIpc) is 2.81. The van der Waals surface area contributed by atoms with Crippen molar-refractivity contribution in [1.82, 2.24) is 0 Å². The van der Waals surface area contributed by atoms with Gasteiger partial charge >= 0.3 is 0 Å². The molecule has 0 fully saturated rings. The molecule has 9 heteroatoms. The third-order valence-corrected chi connectivity index (χ3v) is 7.22. The first kappa shape index (κ1) is 24.2. The van der Waals surface area contributed by atoms with Crippen molar-refractivity contribution in [2.45, 2.75) is 17.6 Å². The lowest BCUT2D eigenvalue weighted by Crippen LogP contribution is -2.17. The van der Waals surface area contributed by atoms with Gasteiger partial charge in [0.15, 0.2) is 0 Å². The summed E-state index contributed by atoms with van der Waals surface area (Å²) in [6.45, 7) is 1.70. The number of rotatable bonds is 9. The predicted octanol–water partition coefficient (Wildman–Crippen LogP) is 4.55. The Morgan fingerprint density at radius 1 is 1.03 bits per heavy atom. The topological polar surface area (TPSA) is 108 Å². The van der Waals surface area contributed by atoms with Crippen LogP contribution in [0.4, 0.5) is 11.4 Å². The number of benzene rings is 3. The highest BCUT2D eigenvalue weighted by Gasteiger charge is 2.18. The standard InChI is InChI=1S/C24H23N3O4S2/c1-17-3-8-21(26-24(28)16-32-15-19-6-4-18(14-25)5-7-19)13-23(17)33(29,30)27-20-9-11-22(31-2)12-10-20/h3-13,27H,15-16H2,1-2H3,(H,26,28). The van der Waals surface area contributed by atoms with Crippen LogP contribution in [0.1, 0.15) is 16.7 Å². The molecule has 0 saturated heterocycles. The molecule has 0 aromatic heterocycles. The molecule has 2 N–H and O–H groups in total. The first-order valence-corrected chi connectivity index (χ1v) is 12.6. The van der Waals surface area contributed by atoms with E-state index in [0.29, 0.717) is 34.0 Å². The molecule has 3 rings (SSSR count). The number of hydrogen-bond acceptors (Lipinski definition) is 6. The molecule has 0 aliphatic heterocycles. The van der Waals surface area contributed by atoms with Crippen LogP contribution in [0.5, 0.6) is 5.75 Å². The maximum atomic E-state index is 12.9. The molecular weight excluding hydrogens is 458 g/mol. The zero-order valence-electron chi connectivity index (χ0n) is 18.2. The molecule has 0 unspecified atom stereocenters. The van der Waals surface area contributed by atoms with Gasteiger partial charge in [0.2, 0.25) is 5.91 Å². The van der Waals surface area contributed by atoms with Gasteiger partial charge in [0, 0.05) is 17.1 Å². The van der Waals surface area contributed by atoms with Gasteiger partial charge in [0.1, 0.15) is 5.75 Å². The lowest BCUT2D eigenvalue weighted by Gasteiger charge is -2.13. The van der Waals surface area contributed by atoms with Gasteiger partial charge < -0.3 is 10.1 Å². The summed E-state index contributed by atoms with van der Waals surface area (Å²) in [4.78, 5) is 12.4. The number of sulfonamides is 1. The molecule has 33 heavy (non-hydrogen) atoms. The number of nitriles is 1. The highest BCUT2D eigenvalue weighted by molar-refractivity contribution is 7.99. The van der Waals surface area contributed by atoms with Crippen LogP contribution in [0.3, 0.4) is 0 Å². The normalized spacial score (nSPS) is 10.8. The average molecular weight is 482 g/mol. The van der Waals surface area contributed by atoms with Gasteiger partial charge in [-0.3, -0.25) is 9.52 Å². The quantitative estimate of drug-likeness (QED) is 0.464. The van der Waals surface area contributed by atoms with Gasteiger partial charge in [-0.25, -0.2) is 8.42 Å². The monoisotopic (exact) mass is 481 g/mol. The minimum atomic E-state index is -3.85. The zero-order chi connectivity index (χ0) is 23.8. The van der Waals surface area contributed by atoms with E-state index in [-0.39, 0.29) is 16.6 Å². The van der Waals surface area contributed by atoms with Crippen molar-refractivity contribution in [2.75, 3.05) is 22.9 Å². The fourth-order valence-corrected chi connectivity index (χ4v) is 5.09. The molecule has 0 heterocycles. The Hall–Kier alpha value is -3.48. The number of nitrogens with zero attached hydrogens (tertiary/aromatic N) is 1. The smallest absolute Gasteiger partial charge is 0.262 e. The summed E-state index contributed by atoms with van der Waals surface area (Å²) in [5.74, 6) is 1.22. The third-order valence-electron chi connectivity index (χ3n) is 4.69. The Morgan fingerprint density at radius 2 is 1.70 bits per heavy atom. The summed E-state index contributed by atoms with van der Waals surface area (Å²) in [5.41, 5.74) is 2.97. The molecule has 170 valence electrons. The number of carbonyl (C=O) groups is 1. The number of ether oxygens (including phenoxy) is 1. The second-order valence-electron chi connectivity index (χ2n) is 7.16. The number of nitrogens with one attached hydrogen (secondary N) is 2. The summed E-state index contributed by atoms with van der Waals surface area (Å²) in [6, 6.07) is 20.6. The van der Waals surface area contributed by atoms with Gasteiger partial charge in [-0.2, -0.15) is 5.26 Å². The number of carbonyl (C=O) groups excluding carboxylic acids is 1. The van der Waals surface area contributed by atoms with Gasteiger partial charge in [-0.05, 0) is 66.6 Å². The molecule has 3 aromatic rings. The van der Waals surface area contributed by atoms with E-state index in [1.54, 1.807) is 55.5 Å². The summed E-state index contributed by atoms with van der Waals surface area (Å²) < 4.78 is 33.5. The van der Waals surface area contributed by atoms with Crippen LogP contribution in [0.25, 0.3) is 0 Å². The van der Waals surface area contributed by atoms with Crippen molar-refractivity contribution in [1.29, 1.82) is 5.26 Å². The Bertz CT molecular complexity index is 1270. The van der Waals surface area contributed by atoms with Crippen molar-refractivity contribution in [3.63, 3.8) is 0 Å². The third kappa shape index (κ3) is 6.75. The summed E-state index contributed by atoms with van der Waals surface area (Å²) >= 11 is 1.43. The number of anilines is 2. The van der Waals surface area contributed by atoms with E-state index >= 15 is 0 Å². The predicted molar refractivity (Wildman–Crippen MR) is 131 cm³/mol. The molecule has 0 atom stereocenters. The Morgan fingerprint density at radius 3 is 2.33 bits per heavy atom. The van der Waals surface area contributed by atoms with Crippen molar-refractivity contribution < 1.29 is 17.9 Å². The number of thioether (sulfide) groups is 1. The Labute approximate surface area is 197 Å². The highest BCUT2D eigenvalue weighted by atomic mass is 32.2. The fraction of sp³-hybridized carbons (Fsp3) is 0.167. The fourth-order valence-electron chi connectivity index (χ4n) is 2.97. The molecule has 0 saturated carbocycles. The van der Waals surface area contributed by atoms with E-state index in [1.807, 2.05) is 12.1 Å². The minimum absolute atomic E-state index is 0.0846. The van der Waals surface area contributed by atoms with Crippen LogP contribution in [0.2, 0.25) is 0 Å². The van der Waals surface area contributed by atoms with Crippen LogP contribution in [-0.2, 0) is 20.6 Å². The van der Waals surface area contributed by atoms with Crippen LogP contribution in [0, 0.1) is 18.3 Å². The molecular formula is C24H23N3O4S2. The van der Waals surface area contributed by atoms with Gasteiger partial charge in [0.25, 0.3) is 10.0 Å². The molecule has 0 spiro atoms. The lowest BCUT2D eigenvalue weighted by atomic mass is 10.2. The Kier molecular flexibility index (Phi) is 7.98. The van der Waals surface area contributed by atoms with Crippen molar-refractivity contribution in [3.05, 3.63) is 83.4 Å². The van der Waals surface area contributed by atoms with E-state index in [1.165, 1.54) is 24.9 Å². The van der Waals surface area contributed by atoms with E-state index in [2.05, 4.69) is 16.1 Å². The molecule has 3 aromatic carbocycles. The van der Waals surface area contributed by atoms with Crippen molar-refractivity contribution in [3.8, 4) is 11.8 Å². The second-order valence-corrected chi connectivity index (χ2v) is 9.80. The maximum absolute atomic E-state index is 12.9. The van der Waals surface area contributed by atoms with Crippen LogP contribution < -0.4 is 14.8 Å². The second kappa shape index (κ2) is 10.9. The number of hydrogen-bond donors (Lipinski definition) is 2. The van der Waals surface area contributed by atoms with Crippen LogP contribution in [0.15, 0.2) is 71.6 Å². The highest BCUT2D eigenvalue weighted by Crippen LogP contribution is 2.24. The minimum Gasteiger partial charge on any atom is -0.497 e. The molecule has 0 aliphatic carbocycles. The van der Waals surface area contributed by atoms with Crippen molar-refractivity contribution >= 4 is 39.1 Å². The SMILES string of the molecule is COc1ccc(NS(=O)(=O)c2cc(NC(=O)CSCc3ccc(C#N)cc3)ccc2C)cc1. The van der Waals surface area contributed by atoms with E-state index in [4.69, 9.17) is 10.00 Å². The Balaban J connectivity index is 1.62. The molecule has 7 nitrogen and oxygen atoms in total. The molecule has 0 bridgehead atoms. The summed E-state index contributed by atoms with van der Waals surface area (Å²) in [7, 11) is -2.32. The maximum Gasteiger partial charge on any atom is 0.262 e. The molecule has 1 amide bonds. The van der Waals surface area contributed by atoms with E-state index < -0.39 is 10.0 Å². The number of methoxy groups -OCH3 is 1. The van der Waals surface area contributed by atoms with E-state index in [0.717, 1.165) is 5.56 Å². The van der Waals surface area contributed by atoms with Gasteiger partial charge in [0.05, 0.1) is 29.4 Å². The number of amides is 1. The van der Waals surface area contributed by atoms with Gasteiger partial charge in [-0.1, -0.05) is 18.2 Å². The van der Waals surface area contributed by atoms with E-state index in [9.17, 15) is 13.2 Å². The summed E-state index contributed by atoms with van der Waals surface area (Å²) in [5, 5.41) is 11.6. The van der Waals surface area contributed by atoms with Crippen molar-refractivity contribution in [2.24, 2.45) is 0 Å². The summed E-state index contributed by atoms with van der Waals surface area (Å²) in [6.07, 6.45) is 0. The van der Waals surface area contributed by atoms with Crippen LogP contribution >= 0.6 is 11.8 Å². The largest absolute Gasteiger partial charge is 0.497 e.